The van der Waals surface area contributed by atoms with Crippen molar-refractivity contribution in [1.29, 1.82) is 0 Å². The van der Waals surface area contributed by atoms with Gasteiger partial charge in [-0.05, 0) is 43.4 Å². The molecule has 2 fully saturated rings. The van der Waals surface area contributed by atoms with Crippen LogP contribution in [-0.2, 0) is 4.79 Å². The molecule has 108 valence electrons. The number of hydrogen-bond acceptors (Lipinski definition) is 2. The van der Waals surface area contributed by atoms with E-state index in [1.807, 2.05) is 11.0 Å². The van der Waals surface area contributed by atoms with Crippen LogP contribution < -0.4 is 9.80 Å². The van der Waals surface area contributed by atoms with Crippen molar-refractivity contribution in [2.75, 3.05) is 35.3 Å². The van der Waals surface area contributed by atoms with Crippen LogP contribution in [0.2, 0.25) is 0 Å². The SMILES string of the molecule is O=C1CC(CCl)CN1c1cccc(N2CCCCC2)c1. The zero-order chi connectivity index (χ0) is 13.9. The fourth-order valence-electron chi connectivity index (χ4n) is 3.14. The van der Waals surface area contributed by atoms with Gasteiger partial charge in [-0.2, -0.15) is 0 Å². The van der Waals surface area contributed by atoms with E-state index >= 15 is 0 Å². The first-order chi connectivity index (χ1) is 9.78. The van der Waals surface area contributed by atoms with Crippen LogP contribution in [0.3, 0.4) is 0 Å². The largest absolute Gasteiger partial charge is 0.371 e. The van der Waals surface area contributed by atoms with Gasteiger partial charge in [-0.3, -0.25) is 4.79 Å². The molecule has 1 amide bonds. The van der Waals surface area contributed by atoms with Crippen molar-refractivity contribution in [2.24, 2.45) is 5.92 Å². The first-order valence-electron chi connectivity index (χ1n) is 7.49. The number of hydrogen-bond donors (Lipinski definition) is 0. The van der Waals surface area contributed by atoms with E-state index in [0.717, 1.165) is 25.3 Å². The number of amides is 1. The summed E-state index contributed by atoms with van der Waals surface area (Å²) in [6, 6.07) is 8.39. The summed E-state index contributed by atoms with van der Waals surface area (Å²) >= 11 is 5.89. The van der Waals surface area contributed by atoms with Crippen molar-refractivity contribution < 1.29 is 4.79 Å². The van der Waals surface area contributed by atoms with Gasteiger partial charge < -0.3 is 9.80 Å². The van der Waals surface area contributed by atoms with E-state index in [1.165, 1.54) is 24.9 Å². The number of carbonyl (C=O) groups is 1. The Hall–Kier alpha value is -1.22. The molecular weight excluding hydrogens is 272 g/mol. The molecule has 1 aromatic carbocycles. The van der Waals surface area contributed by atoms with Crippen LogP contribution in [0, 0.1) is 5.92 Å². The highest BCUT2D eigenvalue weighted by Gasteiger charge is 2.30. The lowest BCUT2D eigenvalue weighted by Crippen LogP contribution is -2.30. The van der Waals surface area contributed by atoms with Crippen molar-refractivity contribution >= 4 is 28.9 Å². The second-order valence-electron chi connectivity index (χ2n) is 5.80. The Morgan fingerprint density at radius 1 is 1.15 bits per heavy atom. The van der Waals surface area contributed by atoms with Gasteiger partial charge in [0.15, 0.2) is 0 Å². The Kier molecular flexibility index (Phi) is 4.16. The average molecular weight is 293 g/mol. The standard InChI is InChI=1S/C16H21ClN2O/c17-11-13-9-16(20)19(12-13)15-6-4-5-14(10-15)18-7-2-1-3-8-18/h4-6,10,13H,1-3,7-9,11-12H2. The molecule has 0 bridgehead atoms. The van der Waals surface area contributed by atoms with Crippen molar-refractivity contribution in [2.45, 2.75) is 25.7 Å². The van der Waals surface area contributed by atoms with Gasteiger partial charge in [0.1, 0.15) is 0 Å². The lowest BCUT2D eigenvalue weighted by Gasteiger charge is -2.29. The molecule has 1 unspecified atom stereocenters. The third kappa shape index (κ3) is 2.78. The smallest absolute Gasteiger partial charge is 0.227 e. The third-order valence-corrected chi connectivity index (χ3v) is 4.72. The summed E-state index contributed by atoms with van der Waals surface area (Å²) in [5.74, 6) is 1.06. The number of anilines is 2. The van der Waals surface area contributed by atoms with Gasteiger partial charge >= 0.3 is 0 Å². The van der Waals surface area contributed by atoms with Gasteiger partial charge in [0.2, 0.25) is 5.91 Å². The number of piperidine rings is 1. The Morgan fingerprint density at radius 2 is 1.90 bits per heavy atom. The van der Waals surface area contributed by atoms with Gasteiger partial charge in [0.25, 0.3) is 0 Å². The number of nitrogens with zero attached hydrogens (tertiary/aromatic N) is 2. The van der Waals surface area contributed by atoms with E-state index in [4.69, 9.17) is 11.6 Å². The summed E-state index contributed by atoms with van der Waals surface area (Å²) in [6.45, 7) is 3.01. The second kappa shape index (κ2) is 6.04. The van der Waals surface area contributed by atoms with Crippen LogP contribution in [-0.4, -0.2) is 31.4 Å². The highest BCUT2D eigenvalue weighted by atomic mass is 35.5. The van der Waals surface area contributed by atoms with Crippen LogP contribution in [0.1, 0.15) is 25.7 Å². The summed E-state index contributed by atoms with van der Waals surface area (Å²) < 4.78 is 0. The van der Waals surface area contributed by atoms with Crippen LogP contribution in [0.5, 0.6) is 0 Å². The first kappa shape index (κ1) is 13.7. The average Bonchev–Trinajstić information content (AvgIpc) is 2.89. The van der Waals surface area contributed by atoms with E-state index < -0.39 is 0 Å². The van der Waals surface area contributed by atoms with E-state index in [1.54, 1.807) is 0 Å². The molecule has 0 N–H and O–H groups in total. The van der Waals surface area contributed by atoms with Crippen molar-refractivity contribution in [3.63, 3.8) is 0 Å². The predicted molar refractivity (Wildman–Crippen MR) is 83.7 cm³/mol. The Bertz CT molecular complexity index is 485. The minimum Gasteiger partial charge on any atom is -0.371 e. The van der Waals surface area contributed by atoms with Crippen LogP contribution in [0.15, 0.2) is 24.3 Å². The first-order valence-corrected chi connectivity index (χ1v) is 8.03. The van der Waals surface area contributed by atoms with Crippen LogP contribution in [0.4, 0.5) is 11.4 Å². The van der Waals surface area contributed by atoms with Crippen molar-refractivity contribution in [3.8, 4) is 0 Å². The molecule has 2 saturated heterocycles. The van der Waals surface area contributed by atoms with Gasteiger partial charge in [0, 0.05) is 43.3 Å². The highest BCUT2D eigenvalue weighted by molar-refractivity contribution is 6.18. The number of halogens is 1. The molecule has 0 radical (unpaired) electrons. The monoisotopic (exact) mass is 292 g/mol. The molecule has 4 heteroatoms. The molecule has 0 aliphatic carbocycles. The quantitative estimate of drug-likeness (QED) is 0.798. The highest BCUT2D eigenvalue weighted by Crippen LogP contribution is 2.29. The Morgan fingerprint density at radius 3 is 2.60 bits per heavy atom. The van der Waals surface area contributed by atoms with Gasteiger partial charge in [-0.1, -0.05) is 6.07 Å². The molecule has 0 aromatic heterocycles. The molecule has 3 nitrogen and oxygen atoms in total. The maximum Gasteiger partial charge on any atom is 0.227 e. The summed E-state index contributed by atoms with van der Waals surface area (Å²) in [6.07, 6.45) is 4.44. The topological polar surface area (TPSA) is 23.6 Å². The molecule has 2 aliphatic rings. The van der Waals surface area contributed by atoms with Crippen LogP contribution in [0.25, 0.3) is 0 Å². The second-order valence-corrected chi connectivity index (χ2v) is 6.10. The molecule has 3 rings (SSSR count). The molecular formula is C16H21ClN2O. The van der Waals surface area contributed by atoms with Crippen molar-refractivity contribution in [1.82, 2.24) is 0 Å². The zero-order valence-corrected chi connectivity index (χ0v) is 12.5. The van der Waals surface area contributed by atoms with E-state index in [0.29, 0.717) is 18.2 Å². The molecule has 1 aromatic rings. The number of rotatable bonds is 3. The van der Waals surface area contributed by atoms with Crippen LogP contribution >= 0.6 is 11.6 Å². The molecule has 0 saturated carbocycles. The summed E-state index contributed by atoms with van der Waals surface area (Å²) in [7, 11) is 0. The lowest BCUT2D eigenvalue weighted by molar-refractivity contribution is -0.117. The molecule has 1 atom stereocenters. The normalized spacial score (nSPS) is 23.4. The fourth-order valence-corrected chi connectivity index (χ4v) is 3.35. The van der Waals surface area contributed by atoms with Crippen molar-refractivity contribution in [3.05, 3.63) is 24.3 Å². The number of carbonyl (C=O) groups excluding carboxylic acids is 1. The van der Waals surface area contributed by atoms with E-state index in [9.17, 15) is 4.79 Å². The Labute approximate surface area is 125 Å². The fraction of sp³-hybridized carbons (Fsp3) is 0.562. The van der Waals surface area contributed by atoms with Gasteiger partial charge in [-0.15, -0.1) is 11.6 Å². The number of alkyl halides is 1. The molecule has 20 heavy (non-hydrogen) atoms. The summed E-state index contributed by atoms with van der Waals surface area (Å²) in [5.41, 5.74) is 2.26. The van der Waals surface area contributed by atoms with Gasteiger partial charge in [-0.25, -0.2) is 0 Å². The molecule has 2 heterocycles. The summed E-state index contributed by atoms with van der Waals surface area (Å²) in [5, 5.41) is 0. The minimum absolute atomic E-state index is 0.200. The summed E-state index contributed by atoms with van der Waals surface area (Å²) in [4.78, 5) is 16.4. The molecule has 2 aliphatic heterocycles. The lowest BCUT2D eigenvalue weighted by atomic mass is 10.1. The van der Waals surface area contributed by atoms with Gasteiger partial charge in [0.05, 0.1) is 0 Å². The maximum absolute atomic E-state index is 12.1. The molecule has 0 spiro atoms. The Balaban J connectivity index is 1.78. The predicted octanol–water partition coefficient (Wildman–Crippen LogP) is 3.27. The zero-order valence-electron chi connectivity index (χ0n) is 11.7. The van der Waals surface area contributed by atoms with E-state index in [-0.39, 0.29) is 5.91 Å². The maximum atomic E-state index is 12.1. The third-order valence-electron chi connectivity index (χ3n) is 4.29. The number of benzene rings is 1. The van der Waals surface area contributed by atoms with E-state index in [2.05, 4.69) is 23.1 Å². The minimum atomic E-state index is 0.200.